The molecule has 19 heavy (non-hydrogen) atoms. The third-order valence-electron chi connectivity index (χ3n) is 2.74. The largest absolute Gasteiger partial charge is 0.508 e. The Hall–Kier alpha value is -2.69. The summed E-state index contributed by atoms with van der Waals surface area (Å²) in [6, 6.07) is 11.3. The molecule has 0 atom stereocenters. The Morgan fingerprint density at radius 2 is 1.95 bits per heavy atom. The van der Waals surface area contributed by atoms with Crippen molar-refractivity contribution in [1.82, 2.24) is 0 Å². The van der Waals surface area contributed by atoms with E-state index in [4.69, 9.17) is 9.47 Å². The minimum absolute atomic E-state index is 0.0540. The second kappa shape index (κ2) is 4.53. The summed E-state index contributed by atoms with van der Waals surface area (Å²) in [5.74, 6) is 1.03. The van der Waals surface area contributed by atoms with Gasteiger partial charge < -0.3 is 19.9 Å². The summed E-state index contributed by atoms with van der Waals surface area (Å²) in [6.45, 7) is 0.194. The number of hydrogen-bond donors (Lipinski definition) is 2. The lowest BCUT2D eigenvalue weighted by Crippen LogP contribution is -2.11. The van der Waals surface area contributed by atoms with E-state index < -0.39 is 0 Å². The van der Waals surface area contributed by atoms with Gasteiger partial charge in [0.1, 0.15) is 5.75 Å². The van der Waals surface area contributed by atoms with Crippen molar-refractivity contribution in [2.75, 3.05) is 12.1 Å². The maximum absolute atomic E-state index is 12.0. The monoisotopic (exact) mass is 257 g/mol. The van der Waals surface area contributed by atoms with Crippen LogP contribution < -0.4 is 14.8 Å². The number of phenols is 1. The van der Waals surface area contributed by atoms with Crippen LogP contribution in [0.5, 0.6) is 17.2 Å². The summed E-state index contributed by atoms with van der Waals surface area (Å²) in [5, 5.41) is 12.1. The minimum Gasteiger partial charge on any atom is -0.508 e. The fraction of sp³-hybridized carbons (Fsp3) is 0.0714. The molecule has 2 aromatic carbocycles. The van der Waals surface area contributed by atoms with Crippen LogP contribution in [0, 0.1) is 0 Å². The van der Waals surface area contributed by atoms with E-state index in [1.54, 1.807) is 30.3 Å². The van der Waals surface area contributed by atoms with Gasteiger partial charge in [-0.15, -0.1) is 0 Å². The number of benzene rings is 2. The van der Waals surface area contributed by atoms with E-state index in [9.17, 15) is 9.90 Å². The number of carbonyl (C=O) groups excluding carboxylic acids is 1. The highest BCUT2D eigenvalue weighted by atomic mass is 16.7. The van der Waals surface area contributed by atoms with E-state index >= 15 is 0 Å². The Labute approximate surface area is 109 Å². The fourth-order valence-corrected chi connectivity index (χ4v) is 1.82. The van der Waals surface area contributed by atoms with Gasteiger partial charge in [0.2, 0.25) is 6.79 Å². The molecule has 1 amide bonds. The number of carbonyl (C=O) groups is 1. The van der Waals surface area contributed by atoms with Gasteiger partial charge in [0.05, 0.1) is 0 Å². The summed E-state index contributed by atoms with van der Waals surface area (Å²) in [7, 11) is 0. The molecule has 0 fully saturated rings. The molecular formula is C14H11NO4. The van der Waals surface area contributed by atoms with Crippen LogP contribution in [0.4, 0.5) is 5.69 Å². The third kappa shape index (κ3) is 2.30. The Morgan fingerprint density at radius 1 is 1.11 bits per heavy atom. The second-order valence-corrected chi connectivity index (χ2v) is 4.07. The van der Waals surface area contributed by atoms with Crippen molar-refractivity contribution < 1.29 is 19.4 Å². The molecule has 0 saturated heterocycles. The molecule has 2 aromatic rings. The lowest BCUT2D eigenvalue weighted by atomic mass is 10.2. The first kappa shape index (κ1) is 11.4. The van der Waals surface area contributed by atoms with Crippen molar-refractivity contribution >= 4 is 11.6 Å². The lowest BCUT2D eigenvalue weighted by molar-refractivity contribution is 0.102. The number of anilines is 1. The van der Waals surface area contributed by atoms with Crippen LogP contribution in [-0.4, -0.2) is 17.8 Å². The van der Waals surface area contributed by atoms with Crippen molar-refractivity contribution in [3.8, 4) is 17.2 Å². The molecule has 3 rings (SSSR count). The molecule has 0 bridgehead atoms. The summed E-state index contributed by atoms with van der Waals surface area (Å²) in [4.78, 5) is 12.0. The van der Waals surface area contributed by atoms with Crippen LogP contribution >= 0.6 is 0 Å². The summed E-state index contributed by atoms with van der Waals surface area (Å²) in [5.41, 5.74) is 0.996. The smallest absolute Gasteiger partial charge is 0.255 e. The first-order valence-electron chi connectivity index (χ1n) is 5.72. The number of phenolic OH excluding ortho intramolecular Hbond substituents is 1. The molecular weight excluding hydrogens is 246 g/mol. The second-order valence-electron chi connectivity index (χ2n) is 4.07. The van der Waals surface area contributed by atoms with Gasteiger partial charge in [-0.2, -0.15) is 0 Å². The Balaban J connectivity index is 1.80. The van der Waals surface area contributed by atoms with Gasteiger partial charge in [-0.25, -0.2) is 0 Å². The number of ether oxygens (including phenoxy) is 2. The van der Waals surface area contributed by atoms with Gasteiger partial charge in [-0.1, -0.05) is 6.07 Å². The van der Waals surface area contributed by atoms with Crippen LogP contribution in [0.25, 0.3) is 0 Å². The van der Waals surface area contributed by atoms with Gasteiger partial charge in [0, 0.05) is 17.3 Å². The van der Waals surface area contributed by atoms with Crippen LogP contribution in [0.3, 0.4) is 0 Å². The Morgan fingerprint density at radius 3 is 2.79 bits per heavy atom. The van der Waals surface area contributed by atoms with Gasteiger partial charge in [0.15, 0.2) is 11.5 Å². The topological polar surface area (TPSA) is 67.8 Å². The molecule has 0 spiro atoms. The maximum Gasteiger partial charge on any atom is 0.255 e. The van der Waals surface area contributed by atoms with Gasteiger partial charge in [0.25, 0.3) is 5.91 Å². The van der Waals surface area contributed by atoms with Crippen LogP contribution in [0.15, 0.2) is 42.5 Å². The zero-order valence-electron chi connectivity index (χ0n) is 9.92. The van der Waals surface area contributed by atoms with Crippen molar-refractivity contribution in [2.24, 2.45) is 0 Å². The predicted molar refractivity (Wildman–Crippen MR) is 68.6 cm³/mol. The van der Waals surface area contributed by atoms with E-state index in [0.29, 0.717) is 22.7 Å². The fourth-order valence-electron chi connectivity index (χ4n) is 1.82. The van der Waals surface area contributed by atoms with Crippen molar-refractivity contribution in [1.29, 1.82) is 0 Å². The molecule has 1 heterocycles. The average molecular weight is 257 g/mol. The highest BCUT2D eigenvalue weighted by Crippen LogP contribution is 2.34. The molecule has 5 heteroatoms. The predicted octanol–water partition coefficient (Wildman–Crippen LogP) is 2.37. The number of aromatic hydroxyl groups is 1. The van der Waals surface area contributed by atoms with E-state index in [0.717, 1.165) is 0 Å². The number of rotatable bonds is 2. The average Bonchev–Trinajstić information content (AvgIpc) is 2.86. The zero-order chi connectivity index (χ0) is 13.2. The van der Waals surface area contributed by atoms with Gasteiger partial charge in [-0.3, -0.25) is 4.79 Å². The number of nitrogens with one attached hydrogen (secondary N) is 1. The van der Waals surface area contributed by atoms with Crippen LogP contribution in [0.2, 0.25) is 0 Å². The SMILES string of the molecule is O=C(Nc1ccc2c(c1)OCO2)c1cccc(O)c1. The van der Waals surface area contributed by atoms with E-state index in [1.807, 2.05) is 0 Å². The quantitative estimate of drug-likeness (QED) is 0.866. The molecule has 0 unspecified atom stereocenters. The standard InChI is InChI=1S/C14H11NO4/c16-11-3-1-2-9(6-11)14(17)15-10-4-5-12-13(7-10)19-8-18-12/h1-7,16H,8H2,(H,15,17). The first-order chi connectivity index (χ1) is 9.22. The normalized spacial score (nSPS) is 12.2. The summed E-state index contributed by atoms with van der Waals surface area (Å²) < 4.78 is 10.4. The van der Waals surface area contributed by atoms with Gasteiger partial charge >= 0.3 is 0 Å². The van der Waals surface area contributed by atoms with Crippen molar-refractivity contribution in [3.05, 3.63) is 48.0 Å². The maximum atomic E-state index is 12.0. The molecule has 5 nitrogen and oxygen atoms in total. The highest BCUT2D eigenvalue weighted by molar-refractivity contribution is 6.04. The van der Waals surface area contributed by atoms with Crippen LogP contribution in [0.1, 0.15) is 10.4 Å². The van der Waals surface area contributed by atoms with E-state index in [-0.39, 0.29) is 18.4 Å². The number of fused-ring (bicyclic) bond motifs is 1. The van der Waals surface area contributed by atoms with Crippen LogP contribution in [-0.2, 0) is 0 Å². The lowest BCUT2D eigenvalue weighted by Gasteiger charge is -2.06. The molecule has 1 aliphatic heterocycles. The van der Waals surface area contributed by atoms with Crippen molar-refractivity contribution in [2.45, 2.75) is 0 Å². The summed E-state index contributed by atoms with van der Waals surface area (Å²) >= 11 is 0. The molecule has 0 saturated carbocycles. The number of hydrogen-bond acceptors (Lipinski definition) is 4. The molecule has 96 valence electrons. The third-order valence-corrected chi connectivity index (χ3v) is 2.74. The summed E-state index contributed by atoms with van der Waals surface area (Å²) in [6.07, 6.45) is 0. The van der Waals surface area contributed by atoms with E-state index in [1.165, 1.54) is 12.1 Å². The van der Waals surface area contributed by atoms with Crippen molar-refractivity contribution in [3.63, 3.8) is 0 Å². The van der Waals surface area contributed by atoms with E-state index in [2.05, 4.69) is 5.32 Å². The molecule has 0 aromatic heterocycles. The number of amides is 1. The van der Waals surface area contributed by atoms with Gasteiger partial charge in [-0.05, 0) is 30.3 Å². The molecule has 0 aliphatic carbocycles. The first-order valence-corrected chi connectivity index (χ1v) is 5.72. The molecule has 1 aliphatic rings. The minimum atomic E-state index is -0.297. The highest BCUT2D eigenvalue weighted by Gasteiger charge is 2.14. The Bertz CT molecular complexity index is 639. The Kier molecular flexibility index (Phi) is 2.72. The molecule has 0 radical (unpaired) electrons. The zero-order valence-corrected chi connectivity index (χ0v) is 9.92. The molecule has 2 N–H and O–H groups in total.